The summed E-state index contributed by atoms with van der Waals surface area (Å²) in [6.45, 7) is 1.60. The van der Waals surface area contributed by atoms with Crippen molar-refractivity contribution in [1.82, 2.24) is 10.3 Å². The normalized spacial score (nSPS) is 11.4. The van der Waals surface area contributed by atoms with Gasteiger partial charge >= 0.3 is 6.18 Å². The van der Waals surface area contributed by atoms with Crippen LogP contribution >= 0.6 is 0 Å². The molecule has 0 aliphatic heterocycles. The molecule has 0 aliphatic carbocycles. The Labute approximate surface area is 169 Å². The minimum absolute atomic E-state index is 0.000592. The summed E-state index contributed by atoms with van der Waals surface area (Å²) in [5.41, 5.74) is 0.195. The zero-order chi connectivity index (χ0) is 22.1. The summed E-state index contributed by atoms with van der Waals surface area (Å²) in [7, 11) is 2.67. The number of alkyl halides is 3. The molecule has 0 fully saturated rings. The summed E-state index contributed by atoms with van der Waals surface area (Å²) in [6, 6.07) is 7.15. The third kappa shape index (κ3) is 4.29. The molecule has 5 nitrogen and oxygen atoms in total. The highest BCUT2D eigenvalue weighted by Crippen LogP contribution is 2.34. The molecular weight excluding hydrogens is 404 g/mol. The summed E-state index contributed by atoms with van der Waals surface area (Å²) in [5.74, 6) is -0.864. The van der Waals surface area contributed by atoms with Crippen molar-refractivity contribution in [2.75, 3.05) is 14.2 Å². The summed E-state index contributed by atoms with van der Waals surface area (Å²) in [4.78, 5) is 16.9. The van der Waals surface area contributed by atoms with E-state index in [-0.39, 0.29) is 23.5 Å². The summed E-state index contributed by atoms with van der Waals surface area (Å²) >= 11 is 0. The van der Waals surface area contributed by atoms with Gasteiger partial charge in [-0.3, -0.25) is 4.79 Å². The lowest BCUT2D eigenvalue weighted by Gasteiger charge is -2.15. The van der Waals surface area contributed by atoms with E-state index < -0.39 is 23.5 Å². The molecule has 0 spiro atoms. The fourth-order valence-corrected chi connectivity index (χ4v) is 3.10. The van der Waals surface area contributed by atoms with Crippen molar-refractivity contribution in [1.29, 1.82) is 0 Å². The lowest BCUT2D eigenvalue weighted by molar-refractivity contribution is -0.137. The number of carbonyl (C=O) groups is 1. The number of carbonyl (C=O) groups excluding carboxylic acids is 1. The number of benzene rings is 2. The first-order valence-corrected chi connectivity index (χ1v) is 8.81. The van der Waals surface area contributed by atoms with Gasteiger partial charge in [-0.25, -0.2) is 9.37 Å². The molecule has 9 heteroatoms. The van der Waals surface area contributed by atoms with Gasteiger partial charge in [0.15, 0.2) is 0 Å². The van der Waals surface area contributed by atoms with E-state index in [1.165, 1.54) is 32.4 Å². The van der Waals surface area contributed by atoms with Gasteiger partial charge in [-0.2, -0.15) is 13.2 Å². The molecule has 2 aromatic carbocycles. The lowest BCUT2D eigenvalue weighted by atomic mass is 10.0. The van der Waals surface area contributed by atoms with Crippen LogP contribution in [0.15, 0.2) is 36.4 Å². The first-order valence-electron chi connectivity index (χ1n) is 8.81. The maximum atomic E-state index is 13.6. The van der Waals surface area contributed by atoms with E-state index in [2.05, 4.69) is 10.3 Å². The van der Waals surface area contributed by atoms with Gasteiger partial charge in [0.1, 0.15) is 17.1 Å². The maximum Gasteiger partial charge on any atom is 0.416 e. The topological polar surface area (TPSA) is 60.5 Å². The van der Waals surface area contributed by atoms with Crippen LogP contribution in [0.3, 0.4) is 0 Å². The van der Waals surface area contributed by atoms with Gasteiger partial charge in [0.05, 0.1) is 25.3 Å². The van der Waals surface area contributed by atoms with Crippen LogP contribution in [-0.2, 0) is 12.7 Å². The van der Waals surface area contributed by atoms with Gasteiger partial charge in [-0.15, -0.1) is 0 Å². The first-order chi connectivity index (χ1) is 14.1. The number of ether oxygens (including phenoxy) is 2. The highest BCUT2D eigenvalue weighted by molar-refractivity contribution is 6.02. The van der Waals surface area contributed by atoms with Crippen LogP contribution in [0.4, 0.5) is 17.6 Å². The van der Waals surface area contributed by atoms with Crippen LogP contribution in [0.5, 0.6) is 11.6 Å². The van der Waals surface area contributed by atoms with Crippen molar-refractivity contribution in [2.45, 2.75) is 19.6 Å². The molecule has 1 aromatic heterocycles. The lowest BCUT2D eigenvalue weighted by Crippen LogP contribution is -2.25. The number of amides is 1. The Bertz CT molecular complexity index is 1110. The predicted molar refractivity (Wildman–Crippen MR) is 102 cm³/mol. The van der Waals surface area contributed by atoms with E-state index in [0.29, 0.717) is 22.3 Å². The van der Waals surface area contributed by atoms with Gasteiger partial charge in [0.25, 0.3) is 5.91 Å². The number of methoxy groups -OCH3 is 2. The smallest absolute Gasteiger partial charge is 0.416 e. The third-order valence-corrected chi connectivity index (χ3v) is 4.58. The molecule has 0 atom stereocenters. The molecule has 0 saturated carbocycles. The number of aromatic nitrogens is 1. The largest absolute Gasteiger partial charge is 0.497 e. The van der Waals surface area contributed by atoms with Crippen LogP contribution in [0.25, 0.3) is 10.9 Å². The SMILES string of the molecule is COc1cc(F)cc(CNC(=O)c2c(OC)nc3cc(C(F)(F)F)ccc3c2C)c1. The molecule has 1 amide bonds. The first kappa shape index (κ1) is 21.4. The number of hydrogen-bond donors (Lipinski definition) is 1. The second kappa shape index (κ2) is 8.17. The Kier molecular flexibility index (Phi) is 5.82. The summed E-state index contributed by atoms with van der Waals surface area (Å²) in [5, 5.41) is 3.04. The zero-order valence-corrected chi connectivity index (χ0v) is 16.4. The Balaban J connectivity index is 1.95. The fraction of sp³-hybridized carbons (Fsp3) is 0.238. The van der Waals surface area contributed by atoms with Gasteiger partial charge < -0.3 is 14.8 Å². The van der Waals surface area contributed by atoms with Crippen LogP contribution < -0.4 is 14.8 Å². The monoisotopic (exact) mass is 422 g/mol. The quantitative estimate of drug-likeness (QED) is 0.609. The van der Waals surface area contributed by atoms with E-state index in [4.69, 9.17) is 9.47 Å². The second-order valence-corrected chi connectivity index (χ2v) is 6.53. The Morgan fingerprint density at radius 3 is 2.47 bits per heavy atom. The van der Waals surface area contributed by atoms with E-state index in [1.54, 1.807) is 13.0 Å². The Morgan fingerprint density at radius 1 is 1.10 bits per heavy atom. The average Bonchev–Trinajstić information content (AvgIpc) is 2.70. The molecule has 0 saturated heterocycles. The molecule has 0 aliphatic rings. The summed E-state index contributed by atoms with van der Waals surface area (Å²) < 4.78 is 62.8. The van der Waals surface area contributed by atoms with E-state index in [9.17, 15) is 22.4 Å². The van der Waals surface area contributed by atoms with Crippen LogP contribution in [0, 0.1) is 12.7 Å². The number of pyridine rings is 1. The number of halogens is 4. The van der Waals surface area contributed by atoms with Crippen LogP contribution in [-0.4, -0.2) is 25.1 Å². The standard InChI is InChI=1S/C21H18F4N2O3/c1-11-16-5-4-13(21(23,24)25)8-17(16)27-20(30-3)18(11)19(28)26-10-12-6-14(22)9-15(7-12)29-2/h4-9H,10H2,1-3H3,(H,26,28). The highest BCUT2D eigenvalue weighted by atomic mass is 19.4. The fourth-order valence-electron chi connectivity index (χ4n) is 3.10. The van der Waals surface area contributed by atoms with Crippen molar-refractivity contribution in [3.8, 4) is 11.6 Å². The second-order valence-electron chi connectivity index (χ2n) is 6.53. The number of nitrogens with zero attached hydrogens (tertiary/aromatic N) is 1. The molecule has 158 valence electrons. The average molecular weight is 422 g/mol. The van der Waals surface area contributed by atoms with Gasteiger partial charge in [0, 0.05) is 18.0 Å². The van der Waals surface area contributed by atoms with Crippen LogP contribution in [0.1, 0.15) is 27.0 Å². The van der Waals surface area contributed by atoms with Gasteiger partial charge in [-0.1, -0.05) is 6.07 Å². The summed E-state index contributed by atoms with van der Waals surface area (Å²) in [6.07, 6.45) is -4.51. The highest BCUT2D eigenvalue weighted by Gasteiger charge is 2.31. The molecular formula is C21H18F4N2O3. The zero-order valence-electron chi connectivity index (χ0n) is 16.4. The van der Waals surface area contributed by atoms with E-state index in [0.717, 1.165) is 12.1 Å². The molecule has 30 heavy (non-hydrogen) atoms. The molecule has 1 N–H and O–H groups in total. The van der Waals surface area contributed by atoms with E-state index in [1.807, 2.05) is 0 Å². The molecule has 3 aromatic rings. The number of nitrogens with one attached hydrogen (secondary N) is 1. The minimum atomic E-state index is -4.51. The van der Waals surface area contributed by atoms with E-state index >= 15 is 0 Å². The molecule has 0 radical (unpaired) electrons. The number of rotatable bonds is 5. The Hall–Kier alpha value is -3.36. The molecule has 3 rings (SSSR count). The van der Waals surface area contributed by atoms with Gasteiger partial charge in [0.2, 0.25) is 5.88 Å². The molecule has 0 bridgehead atoms. The number of fused-ring (bicyclic) bond motifs is 1. The van der Waals surface area contributed by atoms with Gasteiger partial charge in [-0.05, 0) is 42.3 Å². The van der Waals surface area contributed by atoms with Crippen molar-refractivity contribution < 1.29 is 31.8 Å². The van der Waals surface area contributed by atoms with Crippen molar-refractivity contribution in [3.05, 3.63) is 64.5 Å². The van der Waals surface area contributed by atoms with Crippen molar-refractivity contribution in [2.24, 2.45) is 0 Å². The van der Waals surface area contributed by atoms with Crippen molar-refractivity contribution in [3.63, 3.8) is 0 Å². The van der Waals surface area contributed by atoms with Crippen LogP contribution in [0.2, 0.25) is 0 Å². The van der Waals surface area contributed by atoms with Crippen molar-refractivity contribution >= 4 is 16.8 Å². The molecule has 0 unspecified atom stereocenters. The Morgan fingerprint density at radius 2 is 1.83 bits per heavy atom. The third-order valence-electron chi connectivity index (χ3n) is 4.58. The minimum Gasteiger partial charge on any atom is -0.497 e. The molecule has 1 heterocycles. The number of hydrogen-bond acceptors (Lipinski definition) is 4. The predicted octanol–water partition coefficient (Wildman–Crippen LogP) is 4.65. The maximum absolute atomic E-state index is 13.6. The number of aryl methyl sites for hydroxylation is 1.